The van der Waals surface area contributed by atoms with Crippen molar-refractivity contribution in [3.8, 4) is 5.75 Å². The lowest BCUT2D eigenvalue weighted by Crippen LogP contribution is -2.36. The highest BCUT2D eigenvalue weighted by Gasteiger charge is 2.34. The zero-order valence-corrected chi connectivity index (χ0v) is 14.7. The van der Waals surface area contributed by atoms with E-state index < -0.39 is 11.7 Å². The van der Waals surface area contributed by atoms with Crippen molar-refractivity contribution in [1.82, 2.24) is 10.2 Å². The minimum absolute atomic E-state index is 0.196. The predicted molar refractivity (Wildman–Crippen MR) is 95.0 cm³/mol. The molecule has 0 spiro atoms. The molecule has 26 heavy (non-hydrogen) atoms. The molecule has 1 unspecified atom stereocenters. The van der Waals surface area contributed by atoms with Gasteiger partial charge >= 0.3 is 6.18 Å². The van der Waals surface area contributed by atoms with Crippen LogP contribution in [0.5, 0.6) is 5.75 Å². The Labute approximate surface area is 151 Å². The molecular weight excluding hydrogens is 341 g/mol. The Hall–Kier alpha value is -2.05. The molecule has 1 aliphatic rings. The molecule has 6 heteroatoms. The van der Waals surface area contributed by atoms with E-state index in [0.29, 0.717) is 12.1 Å². The molecule has 1 heterocycles. The maximum Gasteiger partial charge on any atom is 0.416 e. The fourth-order valence-electron chi connectivity index (χ4n) is 3.47. The van der Waals surface area contributed by atoms with E-state index in [1.54, 1.807) is 19.2 Å². The quantitative estimate of drug-likeness (QED) is 0.836. The number of benzene rings is 2. The second-order valence-corrected chi connectivity index (χ2v) is 6.52. The van der Waals surface area contributed by atoms with Crippen LogP contribution in [0.4, 0.5) is 13.2 Å². The summed E-state index contributed by atoms with van der Waals surface area (Å²) in [4.78, 5) is 2.11. The largest absolute Gasteiger partial charge is 0.496 e. The second-order valence-electron chi connectivity index (χ2n) is 6.52. The van der Waals surface area contributed by atoms with Crippen molar-refractivity contribution in [2.45, 2.75) is 31.7 Å². The molecule has 3 rings (SSSR count). The van der Waals surface area contributed by atoms with Crippen LogP contribution >= 0.6 is 0 Å². The van der Waals surface area contributed by atoms with Gasteiger partial charge in [0.1, 0.15) is 5.75 Å². The van der Waals surface area contributed by atoms with Gasteiger partial charge in [0.15, 0.2) is 0 Å². The summed E-state index contributed by atoms with van der Waals surface area (Å²) in [6.45, 7) is 2.46. The summed E-state index contributed by atoms with van der Waals surface area (Å²) in [5.74, 6) is 0.757. The van der Waals surface area contributed by atoms with E-state index in [0.717, 1.165) is 36.9 Å². The zero-order valence-electron chi connectivity index (χ0n) is 14.7. The fraction of sp³-hybridized carbons (Fsp3) is 0.400. The number of nitrogens with zero attached hydrogens (tertiary/aromatic N) is 1. The van der Waals surface area contributed by atoms with Crippen LogP contribution in [0.2, 0.25) is 0 Å². The first-order valence-corrected chi connectivity index (χ1v) is 8.71. The molecule has 1 aliphatic heterocycles. The fourth-order valence-corrected chi connectivity index (χ4v) is 3.47. The maximum absolute atomic E-state index is 13.4. The molecule has 0 bridgehead atoms. The summed E-state index contributed by atoms with van der Waals surface area (Å²) >= 11 is 0. The van der Waals surface area contributed by atoms with E-state index in [1.807, 2.05) is 24.3 Å². The highest BCUT2D eigenvalue weighted by molar-refractivity contribution is 5.34. The van der Waals surface area contributed by atoms with Crippen LogP contribution in [-0.2, 0) is 19.3 Å². The number of methoxy groups -OCH3 is 1. The van der Waals surface area contributed by atoms with Crippen molar-refractivity contribution in [3.63, 3.8) is 0 Å². The van der Waals surface area contributed by atoms with Gasteiger partial charge in [-0.15, -0.1) is 0 Å². The molecule has 0 aromatic heterocycles. The average molecular weight is 364 g/mol. The lowest BCUT2D eigenvalue weighted by Gasteiger charge is -2.30. The summed E-state index contributed by atoms with van der Waals surface area (Å²) in [6, 6.07) is 13.7. The van der Waals surface area contributed by atoms with Gasteiger partial charge in [0.2, 0.25) is 0 Å². The molecule has 3 nitrogen and oxygen atoms in total. The van der Waals surface area contributed by atoms with Crippen LogP contribution in [0.15, 0.2) is 48.5 Å². The van der Waals surface area contributed by atoms with Gasteiger partial charge in [0.25, 0.3) is 0 Å². The van der Waals surface area contributed by atoms with Gasteiger partial charge in [-0.3, -0.25) is 4.90 Å². The van der Waals surface area contributed by atoms with Crippen molar-refractivity contribution < 1.29 is 17.9 Å². The molecule has 1 atom stereocenters. The van der Waals surface area contributed by atoms with Crippen LogP contribution in [0.3, 0.4) is 0 Å². The smallest absolute Gasteiger partial charge is 0.416 e. The first-order chi connectivity index (χ1) is 12.5. The SMILES string of the molecule is COc1ccccc1CN(Cc1ccccc1C(F)(F)F)C1CCNC1. The molecule has 0 radical (unpaired) electrons. The average Bonchev–Trinajstić information content (AvgIpc) is 3.16. The minimum atomic E-state index is -4.35. The van der Waals surface area contributed by atoms with Crippen molar-refractivity contribution in [3.05, 3.63) is 65.2 Å². The summed E-state index contributed by atoms with van der Waals surface area (Å²) in [5, 5.41) is 3.30. The standard InChI is InChI=1S/C20H23F3N2O/c1-26-19-9-5-3-7-16(19)14-25(17-10-11-24-12-17)13-15-6-2-4-8-18(15)20(21,22)23/h2-9,17,24H,10-14H2,1H3. The van der Waals surface area contributed by atoms with Crippen LogP contribution in [0, 0.1) is 0 Å². The topological polar surface area (TPSA) is 24.5 Å². The number of para-hydroxylation sites is 1. The van der Waals surface area contributed by atoms with Gasteiger partial charge in [-0.2, -0.15) is 13.2 Å². The first-order valence-electron chi connectivity index (χ1n) is 8.71. The zero-order chi connectivity index (χ0) is 18.6. The van der Waals surface area contributed by atoms with E-state index >= 15 is 0 Å². The third kappa shape index (κ3) is 4.37. The highest BCUT2D eigenvalue weighted by atomic mass is 19.4. The van der Waals surface area contributed by atoms with Crippen molar-refractivity contribution >= 4 is 0 Å². The number of halogens is 3. The monoisotopic (exact) mass is 364 g/mol. The Morgan fingerprint density at radius 2 is 1.69 bits per heavy atom. The summed E-state index contributed by atoms with van der Waals surface area (Å²) < 4.78 is 45.5. The molecule has 1 N–H and O–H groups in total. The van der Waals surface area contributed by atoms with Gasteiger partial charge in [0, 0.05) is 31.2 Å². The van der Waals surface area contributed by atoms with Gasteiger partial charge in [-0.25, -0.2) is 0 Å². The van der Waals surface area contributed by atoms with Crippen LogP contribution in [0.25, 0.3) is 0 Å². The van der Waals surface area contributed by atoms with E-state index in [1.165, 1.54) is 6.07 Å². The van der Waals surface area contributed by atoms with Gasteiger partial charge < -0.3 is 10.1 Å². The third-order valence-electron chi connectivity index (χ3n) is 4.81. The number of rotatable bonds is 6. The maximum atomic E-state index is 13.4. The Morgan fingerprint density at radius 1 is 1.04 bits per heavy atom. The molecule has 1 fully saturated rings. The molecule has 0 aliphatic carbocycles. The van der Waals surface area contributed by atoms with Crippen LogP contribution in [-0.4, -0.2) is 31.1 Å². The first kappa shape index (κ1) is 18.7. The minimum Gasteiger partial charge on any atom is -0.496 e. The number of alkyl halides is 3. The Kier molecular flexibility index (Phi) is 5.84. The third-order valence-corrected chi connectivity index (χ3v) is 4.81. The molecule has 0 amide bonds. The van der Waals surface area contributed by atoms with Crippen molar-refractivity contribution in [1.29, 1.82) is 0 Å². The Balaban J connectivity index is 1.88. The van der Waals surface area contributed by atoms with Gasteiger partial charge in [-0.1, -0.05) is 36.4 Å². The number of hydrogen-bond acceptors (Lipinski definition) is 3. The highest BCUT2D eigenvalue weighted by Crippen LogP contribution is 2.33. The van der Waals surface area contributed by atoms with Crippen molar-refractivity contribution in [2.24, 2.45) is 0 Å². The van der Waals surface area contributed by atoms with Crippen LogP contribution < -0.4 is 10.1 Å². The molecule has 140 valence electrons. The van der Waals surface area contributed by atoms with E-state index in [2.05, 4.69) is 10.2 Å². The molecular formula is C20H23F3N2O. The number of ether oxygens (including phenoxy) is 1. The van der Waals surface area contributed by atoms with Crippen LogP contribution in [0.1, 0.15) is 23.1 Å². The normalized spacial score (nSPS) is 17.7. The summed E-state index contributed by atoms with van der Waals surface area (Å²) in [7, 11) is 1.61. The summed E-state index contributed by atoms with van der Waals surface area (Å²) in [6.07, 6.45) is -3.43. The predicted octanol–water partition coefficient (Wildman–Crippen LogP) is 4.08. The van der Waals surface area contributed by atoms with E-state index in [-0.39, 0.29) is 12.6 Å². The summed E-state index contributed by atoms with van der Waals surface area (Å²) in [5.41, 5.74) is 0.726. The molecule has 2 aromatic rings. The number of hydrogen-bond donors (Lipinski definition) is 1. The van der Waals surface area contributed by atoms with E-state index in [4.69, 9.17) is 4.74 Å². The molecule has 1 saturated heterocycles. The number of nitrogens with one attached hydrogen (secondary N) is 1. The lowest BCUT2D eigenvalue weighted by molar-refractivity contribution is -0.138. The Bertz CT molecular complexity index is 727. The van der Waals surface area contributed by atoms with Crippen molar-refractivity contribution in [2.75, 3.05) is 20.2 Å². The molecule has 0 saturated carbocycles. The lowest BCUT2D eigenvalue weighted by atomic mass is 10.0. The Morgan fingerprint density at radius 3 is 2.35 bits per heavy atom. The van der Waals surface area contributed by atoms with Gasteiger partial charge in [0.05, 0.1) is 12.7 Å². The second kappa shape index (κ2) is 8.10. The molecule has 2 aromatic carbocycles. The van der Waals surface area contributed by atoms with Gasteiger partial charge in [-0.05, 0) is 30.7 Å². The van der Waals surface area contributed by atoms with E-state index in [9.17, 15) is 13.2 Å².